The lowest BCUT2D eigenvalue weighted by Crippen LogP contribution is -2.19. The standard InChI is InChI=1S/C21H16N2S/c24-21(22-17-10-2-1-3-11-17)23-20-18-12-6-4-8-15(18)14-16-9-5-7-13-19(16)20/h1-14H,(H2,22,23,24). The van der Waals surface area contributed by atoms with E-state index >= 15 is 0 Å². The number of hydrogen-bond donors (Lipinski definition) is 2. The Balaban J connectivity index is 1.77. The molecule has 4 rings (SSSR count). The lowest BCUT2D eigenvalue weighted by Gasteiger charge is -2.15. The Bertz CT molecular complexity index is 972. The summed E-state index contributed by atoms with van der Waals surface area (Å²) in [6, 6.07) is 28.9. The SMILES string of the molecule is S=C(Nc1ccccc1)Nc1c2ccccc2cc2ccccc12. The molecule has 0 unspecified atom stereocenters. The fourth-order valence-corrected chi connectivity index (χ4v) is 3.17. The first-order chi connectivity index (χ1) is 11.8. The topological polar surface area (TPSA) is 24.1 Å². The van der Waals surface area contributed by atoms with Gasteiger partial charge in [0, 0.05) is 16.5 Å². The summed E-state index contributed by atoms with van der Waals surface area (Å²) in [5, 5.41) is 11.9. The van der Waals surface area contributed by atoms with E-state index in [-0.39, 0.29) is 0 Å². The Morgan fingerprint density at radius 3 is 1.79 bits per heavy atom. The van der Waals surface area contributed by atoms with Crippen LogP contribution in [0.2, 0.25) is 0 Å². The maximum atomic E-state index is 5.52. The van der Waals surface area contributed by atoms with Gasteiger partial charge in [0.25, 0.3) is 0 Å². The van der Waals surface area contributed by atoms with Gasteiger partial charge in [0.2, 0.25) is 0 Å². The molecule has 0 amide bonds. The smallest absolute Gasteiger partial charge is 0.175 e. The quantitative estimate of drug-likeness (QED) is 0.359. The first kappa shape index (κ1) is 14.7. The van der Waals surface area contributed by atoms with Crippen molar-refractivity contribution in [1.29, 1.82) is 0 Å². The summed E-state index contributed by atoms with van der Waals surface area (Å²) >= 11 is 5.52. The molecule has 0 spiro atoms. The minimum atomic E-state index is 0.586. The highest BCUT2D eigenvalue weighted by molar-refractivity contribution is 7.80. The van der Waals surface area contributed by atoms with Crippen LogP contribution in [0.25, 0.3) is 21.5 Å². The molecule has 0 fully saturated rings. The van der Waals surface area contributed by atoms with Gasteiger partial charge in [-0.2, -0.15) is 0 Å². The molecule has 0 saturated carbocycles. The average molecular weight is 328 g/mol. The summed E-state index contributed by atoms with van der Waals surface area (Å²) in [6.45, 7) is 0. The fourth-order valence-electron chi connectivity index (χ4n) is 2.95. The minimum absolute atomic E-state index is 0.586. The number of anilines is 2. The van der Waals surface area contributed by atoms with E-state index in [9.17, 15) is 0 Å². The second-order valence-corrected chi connectivity index (χ2v) is 6.05. The van der Waals surface area contributed by atoms with Gasteiger partial charge in [-0.15, -0.1) is 0 Å². The third-order valence-electron chi connectivity index (χ3n) is 4.04. The third-order valence-corrected chi connectivity index (χ3v) is 4.25. The number of fused-ring (bicyclic) bond motifs is 2. The van der Waals surface area contributed by atoms with Crippen LogP contribution in [0.1, 0.15) is 0 Å². The molecule has 3 heteroatoms. The van der Waals surface area contributed by atoms with Crippen molar-refractivity contribution < 1.29 is 0 Å². The normalized spacial score (nSPS) is 10.7. The zero-order valence-electron chi connectivity index (χ0n) is 13.0. The zero-order valence-corrected chi connectivity index (χ0v) is 13.8. The van der Waals surface area contributed by atoms with Crippen molar-refractivity contribution in [3.8, 4) is 0 Å². The Hall–Kier alpha value is -2.91. The molecule has 24 heavy (non-hydrogen) atoms. The first-order valence-electron chi connectivity index (χ1n) is 7.85. The van der Waals surface area contributed by atoms with Crippen LogP contribution >= 0.6 is 12.2 Å². The average Bonchev–Trinajstić information content (AvgIpc) is 2.62. The van der Waals surface area contributed by atoms with E-state index < -0.39 is 0 Å². The van der Waals surface area contributed by atoms with E-state index in [1.807, 2.05) is 30.3 Å². The monoisotopic (exact) mass is 328 g/mol. The predicted molar refractivity (Wildman–Crippen MR) is 108 cm³/mol. The molecule has 4 aromatic carbocycles. The summed E-state index contributed by atoms with van der Waals surface area (Å²) in [6.07, 6.45) is 0. The molecule has 0 aliphatic carbocycles. The predicted octanol–water partition coefficient (Wildman–Crippen LogP) is 5.80. The Morgan fingerprint density at radius 1 is 0.625 bits per heavy atom. The van der Waals surface area contributed by atoms with E-state index in [0.717, 1.165) is 22.1 Å². The maximum absolute atomic E-state index is 5.52. The lowest BCUT2D eigenvalue weighted by molar-refractivity contribution is 1.62. The second kappa shape index (κ2) is 6.30. The molecular formula is C21H16N2S. The van der Waals surface area contributed by atoms with Gasteiger partial charge in [-0.05, 0) is 41.2 Å². The molecule has 0 heterocycles. The highest BCUT2D eigenvalue weighted by atomic mass is 32.1. The highest BCUT2D eigenvalue weighted by Crippen LogP contribution is 2.32. The molecule has 2 nitrogen and oxygen atoms in total. The number of hydrogen-bond acceptors (Lipinski definition) is 1. The first-order valence-corrected chi connectivity index (χ1v) is 8.26. The van der Waals surface area contributed by atoms with Crippen molar-refractivity contribution in [2.75, 3.05) is 10.6 Å². The van der Waals surface area contributed by atoms with Crippen LogP contribution < -0.4 is 10.6 Å². The fraction of sp³-hybridized carbons (Fsp3) is 0. The van der Waals surface area contributed by atoms with Gasteiger partial charge >= 0.3 is 0 Å². The molecule has 116 valence electrons. The minimum Gasteiger partial charge on any atom is -0.332 e. The van der Waals surface area contributed by atoms with E-state index in [2.05, 4.69) is 65.2 Å². The maximum Gasteiger partial charge on any atom is 0.175 e. The summed E-state index contributed by atoms with van der Waals surface area (Å²) in [7, 11) is 0. The van der Waals surface area contributed by atoms with Crippen molar-refractivity contribution in [1.82, 2.24) is 0 Å². The zero-order chi connectivity index (χ0) is 16.4. The van der Waals surface area contributed by atoms with E-state index in [1.54, 1.807) is 0 Å². The van der Waals surface area contributed by atoms with Gasteiger partial charge < -0.3 is 10.6 Å². The Labute approximate surface area is 146 Å². The number of benzene rings is 4. The van der Waals surface area contributed by atoms with Gasteiger partial charge in [-0.3, -0.25) is 0 Å². The van der Waals surface area contributed by atoms with E-state index in [0.29, 0.717) is 5.11 Å². The third kappa shape index (κ3) is 2.82. The van der Waals surface area contributed by atoms with Gasteiger partial charge in [0.05, 0.1) is 5.69 Å². The molecule has 0 radical (unpaired) electrons. The Kier molecular flexibility index (Phi) is 3.85. The second-order valence-electron chi connectivity index (χ2n) is 5.64. The van der Waals surface area contributed by atoms with Gasteiger partial charge in [0.15, 0.2) is 5.11 Å². The van der Waals surface area contributed by atoms with Crippen LogP contribution in [0.3, 0.4) is 0 Å². The van der Waals surface area contributed by atoms with E-state index in [4.69, 9.17) is 12.2 Å². The van der Waals surface area contributed by atoms with Crippen molar-refractivity contribution in [3.63, 3.8) is 0 Å². The van der Waals surface area contributed by atoms with Crippen molar-refractivity contribution >= 4 is 50.2 Å². The molecule has 0 aliphatic rings. The number of nitrogens with one attached hydrogen (secondary N) is 2. The number of thiocarbonyl (C=S) groups is 1. The molecule has 0 aliphatic heterocycles. The van der Waals surface area contributed by atoms with E-state index in [1.165, 1.54) is 10.8 Å². The van der Waals surface area contributed by atoms with Gasteiger partial charge in [-0.25, -0.2) is 0 Å². The van der Waals surface area contributed by atoms with Crippen molar-refractivity contribution in [2.24, 2.45) is 0 Å². The van der Waals surface area contributed by atoms with Crippen molar-refractivity contribution in [2.45, 2.75) is 0 Å². The summed E-state index contributed by atoms with van der Waals surface area (Å²) in [5.74, 6) is 0. The van der Waals surface area contributed by atoms with Crippen LogP contribution in [0.5, 0.6) is 0 Å². The van der Waals surface area contributed by atoms with Gasteiger partial charge in [-0.1, -0.05) is 66.7 Å². The molecule has 2 N–H and O–H groups in total. The molecule has 0 saturated heterocycles. The van der Waals surface area contributed by atoms with Crippen molar-refractivity contribution in [3.05, 3.63) is 84.9 Å². The van der Waals surface area contributed by atoms with Crippen LogP contribution in [-0.4, -0.2) is 5.11 Å². The van der Waals surface area contributed by atoms with Crippen LogP contribution in [0.15, 0.2) is 84.9 Å². The largest absolute Gasteiger partial charge is 0.332 e. The van der Waals surface area contributed by atoms with Crippen LogP contribution in [-0.2, 0) is 0 Å². The molecule has 0 bridgehead atoms. The number of para-hydroxylation sites is 1. The summed E-state index contributed by atoms with van der Waals surface area (Å²) < 4.78 is 0. The van der Waals surface area contributed by atoms with Crippen LogP contribution in [0, 0.1) is 0 Å². The molecule has 0 aromatic heterocycles. The van der Waals surface area contributed by atoms with Gasteiger partial charge in [0.1, 0.15) is 0 Å². The summed E-state index contributed by atoms with van der Waals surface area (Å²) in [5.41, 5.74) is 2.01. The lowest BCUT2D eigenvalue weighted by atomic mass is 10.0. The molecular weight excluding hydrogens is 312 g/mol. The Morgan fingerprint density at radius 2 is 1.17 bits per heavy atom. The molecule has 0 atom stereocenters. The number of rotatable bonds is 2. The van der Waals surface area contributed by atoms with Crippen LogP contribution in [0.4, 0.5) is 11.4 Å². The molecule has 4 aromatic rings. The highest BCUT2D eigenvalue weighted by Gasteiger charge is 2.08. The summed E-state index contributed by atoms with van der Waals surface area (Å²) in [4.78, 5) is 0.